The molecule has 0 amide bonds. The number of hydrogen-bond donors (Lipinski definition) is 2. The lowest BCUT2D eigenvalue weighted by molar-refractivity contribution is 0.274. The molecule has 0 unspecified atom stereocenters. The normalized spacial score (nSPS) is 9.70. The lowest BCUT2D eigenvalue weighted by Gasteiger charge is -2.02. The Morgan fingerprint density at radius 1 is 1.70 bits per heavy atom. The van der Waals surface area contributed by atoms with Crippen LogP contribution in [0.2, 0.25) is 0 Å². The van der Waals surface area contributed by atoms with E-state index in [0.29, 0.717) is 6.73 Å². The molecule has 0 aromatic carbocycles. The largest absolute Gasteiger partial charge is 0.468 e. The molecule has 0 bridgehead atoms. The van der Waals surface area contributed by atoms with Crippen LogP contribution in [0.5, 0.6) is 5.06 Å². The van der Waals surface area contributed by atoms with Crippen LogP contribution in [-0.2, 0) is 0 Å². The smallest absolute Gasteiger partial charge is 0.175 e. The number of ether oxygens (including phenoxy) is 1. The molecule has 2 N–H and O–H groups in total. The Morgan fingerprint density at radius 2 is 2.60 bits per heavy atom. The molecule has 0 aliphatic rings. The molecule has 1 rings (SSSR count). The summed E-state index contributed by atoms with van der Waals surface area (Å²) in [6, 6.07) is 3.89. The zero-order valence-corrected chi connectivity index (χ0v) is 6.57. The van der Waals surface area contributed by atoms with Crippen LogP contribution in [0.25, 0.3) is 0 Å². The van der Waals surface area contributed by atoms with Crippen molar-refractivity contribution in [2.24, 2.45) is 0 Å². The highest BCUT2D eigenvalue weighted by atomic mass is 32.1. The van der Waals surface area contributed by atoms with E-state index >= 15 is 0 Å². The van der Waals surface area contributed by atoms with Gasteiger partial charge in [0.2, 0.25) is 0 Å². The maximum Gasteiger partial charge on any atom is 0.175 e. The molecule has 10 heavy (non-hydrogen) atoms. The molecule has 0 fully saturated rings. The third-order valence-corrected chi connectivity index (χ3v) is 1.74. The van der Waals surface area contributed by atoms with E-state index in [2.05, 4.69) is 10.9 Å². The SMILES string of the molecule is CNNCOc1cccs1. The van der Waals surface area contributed by atoms with Crippen LogP contribution in [0.15, 0.2) is 17.5 Å². The molecule has 1 heterocycles. The molecule has 0 atom stereocenters. The number of hydrazine groups is 1. The van der Waals surface area contributed by atoms with Crippen LogP contribution in [0, 0.1) is 0 Å². The summed E-state index contributed by atoms with van der Waals surface area (Å²) in [6.07, 6.45) is 0. The Morgan fingerprint density at radius 3 is 3.20 bits per heavy atom. The second-order valence-electron chi connectivity index (χ2n) is 1.65. The van der Waals surface area contributed by atoms with Crippen molar-refractivity contribution in [2.45, 2.75) is 0 Å². The molecule has 0 spiro atoms. The predicted octanol–water partition coefficient (Wildman–Crippen LogP) is 0.808. The standard InChI is InChI=1S/C6H10N2OS/c1-7-8-5-9-6-3-2-4-10-6/h2-4,7-8H,5H2,1H3. The van der Waals surface area contributed by atoms with Crippen molar-refractivity contribution in [3.8, 4) is 5.06 Å². The van der Waals surface area contributed by atoms with Crippen LogP contribution >= 0.6 is 11.3 Å². The van der Waals surface area contributed by atoms with Gasteiger partial charge in [-0.2, -0.15) is 0 Å². The predicted molar refractivity (Wildman–Crippen MR) is 42.0 cm³/mol. The van der Waals surface area contributed by atoms with Gasteiger partial charge in [0.25, 0.3) is 0 Å². The van der Waals surface area contributed by atoms with Gasteiger partial charge >= 0.3 is 0 Å². The van der Waals surface area contributed by atoms with Crippen LogP contribution in [0.3, 0.4) is 0 Å². The maximum atomic E-state index is 5.23. The third kappa shape index (κ3) is 2.34. The minimum Gasteiger partial charge on any atom is -0.468 e. The zero-order chi connectivity index (χ0) is 7.23. The molecule has 1 aromatic rings. The highest BCUT2D eigenvalue weighted by Gasteiger charge is 1.89. The summed E-state index contributed by atoms with van der Waals surface area (Å²) in [5.41, 5.74) is 5.58. The van der Waals surface area contributed by atoms with Gasteiger partial charge in [-0.1, -0.05) is 0 Å². The van der Waals surface area contributed by atoms with E-state index in [1.165, 1.54) is 0 Å². The number of hydrogen-bond acceptors (Lipinski definition) is 4. The van der Waals surface area contributed by atoms with E-state index in [-0.39, 0.29) is 0 Å². The van der Waals surface area contributed by atoms with Gasteiger partial charge in [0.05, 0.1) is 0 Å². The minimum atomic E-state index is 0.497. The fraction of sp³-hybridized carbons (Fsp3) is 0.333. The summed E-state index contributed by atoms with van der Waals surface area (Å²) in [4.78, 5) is 0. The van der Waals surface area contributed by atoms with Gasteiger partial charge in [-0.05, 0) is 24.6 Å². The summed E-state index contributed by atoms with van der Waals surface area (Å²) < 4.78 is 5.23. The highest BCUT2D eigenvalue weighted by molar-refractivity contribution is 7.11. The molecule has 56 valence electrons. The van der Waals surface area contributed by atoms with Gasteiger partial charge in [-0.3, -0.25) is 5.43 Å². The zero-order valence-electron chi connectivity index (χ0n) is 5.76. The molecule has 0 saturated heterocycles. The monoisotopic (exact) mass is 158 g/mol. The van der Waals surface area contributed by atoms with Crippen molar-refractivity contribution in [1.29, 1.82) is 0 Å². The van der Waals surface area contributed by atoms with Crippen molar-refractivity contribution in [3.63, 3.8) is 0 Å². The van der Waals surface area contributed by atoms with Crippen molar-refractivity contribution in [2.75, 3.05) is 13.8 Å². The summed E-state index contributed by atoms with van der Waals surface area (Å²) in [5, 5.41) is 2.91. The van der Waals surface area contributed by atoms with Crippen molar-refractivity contribution in [3.05, 3.63) is 17.5 Å². The number of thiophene rings is 1. The first-order valence-electron chi connectivity index (χ1n) is 2.99. The van der Waals surface area contributed by atoms with Crippen molar-refractivity contribution < 1.29 is 4.74 Å². The summed E-state index contributed by atoms with van der Waals surface area (Å²) in [5.74, 6) is 0. The fourth-order valence-electron chi connectivity index (χ4n) is 0.525. The second-order valence-corrected chi connectivity index (χ2v) is 2.56. The fourth-order valence-corrected chi connectivity index (χ4v) is 1.10. The van der Waals surface area contributed by atoms with E-state index in [9.17, 15) is 0 Å². The molecular weight excluding hydrogens is 148 g/mol. The summed E-state index contributed by atoms with van der Waals surface area (Å²) in [6.45, 7) is 0.497. The highest BCUT2D eigenvalue weighted by Crippen LogP contribution is 2.17. The lowest BCUT2D eigenvalue weighted by atomic mass is 10.7. The molecule has 0 saturated carbocycles. The topological polar surface area (TPSA) is 33.3 Å². The Bertz CT molecular complexity index is 164. The summed E-state index contributed by atoms with van der Waals surface area (Å²) >= 11 is 1.58. The maximum absolute atomic E-state index is 5.23. The first-order valence-corrected chi connectivity index (χ1v) is 3.87. The molecular formula is C6H10N2OS. The Hall–Kier alpha value is -0.580. The average Bonchev–Trinajstić information content (AvgIpc) is 2.41. The Kier molecular flexibility index (Phi) is 3.21. The van der Waals surface area contributed by atoms with Crippen LogP contribution in [-0.4, -0.2) is 13.8 Å². The molecule has 0 radical (unpaired) electrons. The summed E-state index contributed by atoms with van der Waals surface area (Å²) in [7, 11) is 1.80. The van der Waals surface area contributed by atoms with E-state index in [1.54, 1.807) is 18.4 Å². The lowest BCUT2D eigenvalue weighted by Crippen LogP contribution is -2.31. The number of rotatable bonds is 4. The second kappa shape index (κ2) is 4.27. The third-order valence-electron chi connectivity index (χ3n) is 0.958. The van der Waals surface area contributed by atoms with E-state index in [4.69, 9.17) is 4.74 Å². The van der Waals surface area contributed by atoms with Crippen LogP contribution in [0.1, 0.15) is 0 Å². The van der Waals surface area contributed by atoms with Crippen LogP contribution in [0.4, 0.5) is 0 Å². The Balaban J connectivity index is 2.15. The van der Waals surface area contributed by atoms with Gasteiger partial charge in [0.1, 0.15) is 0 Å². The minimum absolute atomic E-state index is 0.497. The quantitative estimate of drug-likeness (QED) is 0.386. The van der Waals surface area contributed by atoms with Crippen LogP contribution < -0.4 is 15.6 Å². The molecule has 3 nitrogen and oxygen atoms in total. The van der Waals surface area contributed by atoms with E-state index < -0.39 is 0 Å². The van der Waals surface area contributed by atoms with Gasteiger partial charge in [0.15, 0.2) is 11.8 Å². The molecule has 0 aliphatic heterocycles. The van der Waals surface area contributed by atoms with Crippen molar-refractivity contribution in [1.82, 2.24) is 10.9 Å². The first-order chi connectivity index (χ1) is 4.93. The van der Waals surface area contributed by atoms with Gasteiger partial charge in [-0.15, -0.1) is 11.3 Å². The van der Waals surface area contributed by atoms with Crippen molar-refractivity contribution >= 4 is 11.3 Å². The first kappa shape index (κ1) is 7.53. The van der Waals surface area contributed by atoms with E-state index in [1.807, 2.05) is 17.5 Å². The molecule has 1 aromatic heterocycles. The van der Waals surface area contributed by atoms with Gasteiger partial charge in [-0.25, -0.2) is 5.43 Å². The van der Waals surface area contributed by atoms with Gasteiger partial charge in [0, 0.05) is 0 Å². The van der Waals surface area contributed by atoms with Gasteiger partial charge < -0.3 is 4.74 Å². The Labute approximate surface area is 64.0 Å². The average molecular weight is 158 g/mol. The van der Waals surface area contributed by atoms with E-state index in [0.717, 1.165) is 5.06 Å². The molecule has 0 aliphatic carbocycles. The molecule has 4 heteroatoms. The number of nitrogens with one attached hydrogen (secondary N) is 2.